The second kappa shape index (κ2) is 2.75. The predicted molar refractivity (Wildman–Crippen MR) is 48.5 cm³/mol. The lowest BCUT2D eigenvalue weighted by Gasteiger charge is -1.95. The van der Waals surface area contributed by atoms with E-state index < -0.39 is 10.8 Å². The van der Waals surface area contributed by atoms with E-state index in [1.807, 2.05) is 24.3 Å². The van der Waals surface area contributed by atoms with Gasteiger partial charge in [-0.25, -0.2) is 0 Å². The van der Waals surface area contributed by atoms with Crippen LogP contribution < -0.4 is 0 Å². The molecule has 3 heteroatoms. The fraction of sp³-hybridized carbons (Fsp3) is 0.111. The highest BCUT2D eigenvalue weighted by atomic mass is 32.2. The van der Waals surface area contributed by atoms with Crippen LogP contribution in [0.2, 0.25) is 0 Å². The first kappa shape index (κ1) is 7.55. The number of hydrogen-bond donors (Lipinski definition) is 0. The van der Waals surface area contributed by atoms with Gasteiger partial charge in [-0.05, 0) is 18.2 Å². The molecule has 12 heavy (non-hydrogen) atoms. The third-order valence-corrected chi connectivity index (χ3v) is 2.74. The number of benzene rings is 1. The van der Waals surface area contributed by atoms with Gasteiger partial charge in [0.25, 0.3) is 0 Å². The van der Waals surface area contributed by atoms with Gasteiger partial charge in [-0.15, -0.1) is 0 Å². The standard InChI is InChI=1S/C9H8O2S/c1-12(10)9-4-2-3-8-7(9)5-6-11-8/h2-6H,1H3. The summed E-state index contributed by atoms with van der Waals surface area (Å²) in [5, 5.41) is 0.943. The van der Waals surface area contributed by atoms with Crippen LogP contribution in [0.5, 0.6) is 0 Å². The van der Waals surface area contributed by atoms with Crippen molar-refractivity contribution in [2.75, 3.05) is 6.26 Å². The van der Waals surface area contributed by atoms with Gasteiger partial charge in [-0.1, -0.05) is 6.07 Å². The zero-order valence-corrected chi connectivity index (χ0v) is 7.43. The quantitative estimate of drug-likeness (QED) is 0.673. The summed E-state index contributed by atoms with van der Waals surface area (Å²) >= 11 is 0. The Bertz CT molecular complexity index is 431. The molecule has 2 nitrogen and oxygen atoms in total. The van der Waals surface area contributed by atoms with E-state index in [-0.39, 0.29) is 0 Å². The molecule has 0 aliphatic rings. The highest BCUT2D eigenvalue weighted by Crippen LogP contribution is 2.21. The van der Waals surface area contributed by atoms with Crippen LogP contribution in [0.25, 0.3) is 11.0 Å². The number of hydrogen-bond acceptors (Lipinski definition) is 2. The van der Waals surface area contributed by atoms with Gasteiger partial charge in [-0.2, -0.15) is 0 Å². The van der Waals surface area contributed by atoms with Crippen LogP contribution in [-0.2, 0) is 10.8 Å². The molecule has 2 rings (SSSR count). The molecule has 0 aliphatic carbocycles. The summed E-state index contributed by atoms with van der Waals surface area (Å²) in [6, 6.07) is 7.41. The van der Waals surface area contributed by atoms with Crippen LogP contribution in [0.1, 0.15) is 0 Å². The molecule has 0 spiro atoms. The van der Waals surface area contributed by atoms with E-state index in [9.17, 15) is 4.21 Å². The van der Waals surface area contributed by atoms with Crippen molar-refractivity contribution in [3.8, 4) is 0 Å². The minimum absolute atomic E-state index is 0.794. The van der Waals surface area contributed by atoms with E-state index in [2.05, 4.69) is 0 Å². The summed E-state index contributed by atoms with van der Waals surface area (Å²) in [6.45, 7) is 0. The largest absolute Gasteiger partial charge is 0.464 e. The number of rotatable bonds is 1. The van der Waals surface area contributed by atoms with Gasteiger partial charge in [-0.3, -0.25) is 4.21 Å². The highest BCUT2D eigenvalue weighted by Gasteiger charge is 2.04. The maximum Gasteiger partial charge on any atom is 0.135 e. The minimum Gasteiger partial charge on any atom is -0.464 e. The second-order valence-corrected chi connectivity index (χ2v) is 3.89. The van der Waals surface area contributed by atoms with Crippen LogP contribution in [0.3, 0.4) is 0 Å². The normalized spacial score (nSPS) is 13.4. The molecule has 1 aromatic carbocycles. The Labute approximate surface area is 72.6 Å². The first-order valence-electron chi connectivity index (χ1n) is 3.58. The van der Waals surface area contributed by atoms with Gasteiger partial charge in [0.05, 0.1) is 17.1 Å². The van der Waals surface area contributed by atoms with E-state index in [0.717, 1.165) is 15.9 Å². The summed E-state index contributed by atoms with van der Waals surface area (Å²) in [4.78, 5) is 0.834. The molecule has 0 saturated heterocycles. The minimum atomic E-state index is -0.942. The molecule has 0 aliphatic heterocycles. The van der Waals surface area contributed by atoms with Crippen molar-refractivity contribution in [2.45, 2.75) is 4.90 Å². The van der Waals surface area contributed by atoms with Crippen molar-refractivity contribution >= 4 is 21.8 Å². The molecule has 1 atom stereocenters. The van der Waals surface area contributed by atoms with E-state index in [1.165, 1.54) is 0 Å². The van der Waals surface area contributed by atoms with Gasteiger partial charge >= 0.3 is 0 Å². The Hall–Kier alpha value is -1.09. The fourth-order valence-electron chi connectivity index (χ4n) is 1.22. The van der Waals surface area contributed by atoms with E-state index in [1.54, 1.807) is 12.5 Å². The van der Waals surface area contributed by atoms with Gasteiger partial charge in [0, 0.05) is 16.5 Å². The molecule has 1 heterocycles. The average molecular weight is 180 g/mol. The molecule has 0 fully saturated rings. The van der Waals surface area contributed by atoms with Crippen LogP contribution >= 0.6 is 0 Å². The summed E-state index contributed by atoms with van der Waals surface area (Å²) in [5.41, 5.74) is 0.794. The summed E-state index contributed by atoms with van der Waals surface area (Å²) in [5.74, 6) is 0. The lowest BCUT2D eigenvalue weighted by atomic mass is 10.3. The third-order valence-electron chi connectivity index (χ3n) is 1.77. The summed E-state index contributed by atoms with van der Waals surface area (Å²) in [7, 11) is -0.942. The molecule has 0 amide bonds. The van der Waals surface area contributed by atoms with Crippen molar-refractivity contribution in [1.29, 1.82) is 0 Å². The monoisotopic (exact) mass is 180 g/mol. The van der Waals surface area contributed by atoms with Gasteiger partial charge < -0.3 is 4.42 Å². The Morgan fingerprint density at radius 1 is 1.33 bits per heavy atom. The summed E-state index contributed by atoms with van der Waals surface area (Å²) in [6.07, 6.45) is 3.28. The predicted octanol–water partition coefficient (Wildman–Crippen LogP) is 2.17. The topological polar surface area (TPSA) is 30.2 Å². The molecule has 62 valence electrons. The fourth-order valence-corrected chi connectivity index (χ4v) is 1.97. The van der Waals surface area contributed by atoms with Gasteiger partial charge in [0.1, 0.15) is 5.58 Å². The SMILES string of the molecule is CS(=O)c1cccc2occc12. The van der Waals surface area contributed by atoms with Crippen molar-refractivity contribution in [1.82, 2.24) is 0 Å². The molecular weight excluding hydrogens is 172 g/mol. The maximum absolute atomic E-state index is 11.2. The van der Waals surface area contributed by atoms with E-state index >= 15 is 0 Å². The number of furan rings is 1. The van der Waals surface area contributed by atoms with Crippen LogP contribution in [0, 0.1) is 0 Å². The third kappa shape index (κ3) is 1.06. The zero-order valence-electron chi connectivity index (χ0n) is 6.61. The first-order valence-corrected chi connectivity index (χ1v) is 5.14. The molecule has 0 N–H and O–H groups in total. The average Bonchev–Trinajstić information content (AvgIpc) is 2.49. The lowest BCUT2D eigenvalue weighted by Crippen LogP contribution is -1.86. The van der Waals surface area contributed by atoms with Gasteiger partial charge in [0.2, 0.25) is 0 Å². The Balaban J connectivity index is 2.82. The van der Waals surface area contributed by atoms with Crippen molar-refractivity contribution < 1.29 is 8.63 Å². The smallest absolute Gasteiger partial charge is 0.135 e. The van der Waals surface area contributed by atoms with Crippen LogP contribution in [-0.4, -0.2) is 10.5 Å². The lowest BCUT2D eigenvalue weighted by molar-refractivity contribution is 0.615. The molecule has 1 aromatic heterocycles. The first-order chi connectivity index (χ1) is 5.79. The van der Waals surface area contributed by atoms with E-state index in [0.29, 0.717) is 0 Å². The Kier molecular flexibility index (Phi) is 1.73. The maximum atomic E-state index is 11.2. The Morgan fingerprint density at radius 3 is 2.92 bits per heavy atom. The van der Waals surface area contributed by atoms with Crippen LogP contribution in [0.15, 0.2) is 39.8 Å². The van der Waals surface area contributed by atoms with Crippen molar-refractivity contribution in [3.05, 3.63) is 30.5 Å². The molecule has 0 bridgehead atoms. The summed E-state index contributed by atoms with van der Waals surface area (Å²) < 4.78 is 16.4. The Morgan fingerprint density at radius 2 is 2.17 bits per heavy atom. The van der Waals surface area contributed by atoms with Crippen molar-refractivity contribution in [2.24, 2.45) is 0 Å². The molecule has 2 aromatic rings. The van der Waals surface area contributed by atoms with Crippen molar-refractivity contribution in [3.63, 3.8) is 0 Å². The molecule has 0 saturated carbocycles. The van der Waals surface area contributed by atoms with E-state index in [4.69, 9.17) is 4.42 Å². The number of fused-ring (bicyclic) bond motifs is 1. The highest BCUT2D eigenvalue weighted by molar-refractivity contribution is 7.84. The molecule has 1 unspecified atom stereocenters. The zero-order chi connectivity index (χ0) is 8.55. The second-order valence-electron chi connectivity index (χ2n) is 2.54. The van der Waals surface area contributed by atoms with Crippen LogP contribution in [0.4, 0.5) is 0 Å². The molecule has 0 radical (unpaired) electrons. The molecular formula is C9H8O2S. The van der Waals surface area contributed by atoms with Gasteiger partial charge in [0.15, 0.2) is 0 Å².